The maximum absolute atomic E-state index is 14.0. The van der Waals surface area contributed by atoms with Crippen molar-refractivity contribution in [2.45, 2.75) is 107 Å². The third-order valence-electron chi connectivity index (χ3n) is 15.4. The van der Waals surface area contributed by atoms with E-state index in [2.05, 4.69) is 59.1 Å². The van der Waals surface area contributed by atoms with Crippen LogP contribution in [0.25, 0.3) is 11.0 Å². The van der Waals surface area contributed by atoms with Crippen LogP contribution in [0.15, 0.2) is 84.1 Å². The van der Waals surface area contributed by atoms with E-state index in [0.717, 1.165) is 88.0 Å². The van der Waals surface area contributed by atoms with Crippen molar-refractivity contribution in [2.75, 3.05) is 49.5 Å². The van der Waals surface area contributed by atoms with Crippen LogP contribution in [0.4, 0.5) is 17.2 Å². The molecule has 2 aromatic carbocycles. The van der Waals surface area contributed by atoms with Gasteiger partial charge in [-0.1, -0.05) is 24.3 Å². The number of rotatable bonds is 13. The van der Waals surface area contributed by atoms with Gasteiger partial charge in [0.25, 0.3) is 15.9 Å². The zero-order chi connectivity index (χ0) is 47.4. The summed E-state index contributed by atoms with van der Waals surface area (Å²) < 4.78 is 35.9. The molecule has 68 heavy (non-hydrogen) atoms. The van der Waals surface area contributed by atoms with Crippen LogP contribution in [-0.2, 0) is 14.8 Å². The second-order valence-electron chi connectivity index (χ2n) is 20.1. The lowest BCUT2D eigenvalue weighted by Crippen LogP contribution is -2.60. The Morgan fingerprint density at radius 3 is 2.41 bits per heavy atom. The van der Waals surface area contributed by atoms with Crippen molar-refractivity contribution in [3.05, 3.63) is 106 Å². The van der Waals surface area contributed by atoms with Gasteiger partial charge in [-0.15, -0.1) is 0 Å². The molecule has 4 N–H and O–H groups in total. The number of nitrogens with zero attached hydrogens (tertiary/aromatic N) is 6. The molecule has 3 aliphatic carbocycles. The maximum Gasteiger partial charge on any atom is 0.312 e. The zero-order valence-electron chi connectivity index (χ0n) is 38.5. The topological polar surface area (TPSA) is 216 Å². The summed E-state index contributed by atoms with van der Waals surface area (Å²) in [7, 11) is -4.65. The van der Waals surface area contributed by atoms with Crippen molar-refractivity contribution >= 4 is 50.1 Å². The van der Waals surface area contributed by atoms with Crippen LogP contribution >= 0.6 is 0 Å². The fraction of sp³-hybridized carbons (Fsp3) is 0.480. The Kier molecular flexibility index (Phi) is 12.1. The van der Waals surface area contributed by atoms with Crippen LogP contribution in [-0.4, -0.2) is 106 Å². The summed E-state index contributed by atoms with van der Waals surface area (Å²) >= 11 is 0. The smallest absolute Gasteiger partial charge is 0.312 e. The van der Waals surface area contributed by atoms with Gasteiger partial charge in [0.15, 0.2) is 0 Å². The van der Waals surface area contributed by atoms with E-state index in [1.54, 1.807) is 44.3 Å². The van der Waals surface area contributed by atoms with Gasteiger partial charge in [-0.3, -0.25) is 24.6 Å². The quantitative estimate of drug-likeness (QED) is 0.0660. The first-order valence-electron chi connectivity index (χ1n) is 23.9. The van der Waals surface area contributed by atoms with Gasteiger partial charge in [0.05, 0.1) is 34.5 Å². The Hall–Kier alpha value is -6.11. The molecule has 17 nitrogen and oxygen atoms in total. The minimum atomic E-state index is -4.65. The van der Waals surface area contributed by atoms with Crippen molar-refractivity contribution in [3.63, 3.8) is 0 Å². The Morgan fingerprint density at radius 1 is 0.941 bits per heavy atom. The number of hydrogen-bond donors (Lipinski definition) is 4. The van der Waals surface area contributed by atoms with E-state index in [0.29, 0.717) is 49.3 Å². The van der Waals surface area contributed by atoms with Gasteiger partial charge >= 0.3 is 5.69 Å². The molecule has 1 atom stereocenters. The van der Waals surface area contributed by atoms with Crippen molar-refractivity contribution in [1.82, 2.24) is 29.5 Å². The standard InChI is InChI=1S/C50H59N9O8S/c1-32(60)57-21-22-58(44(31-57)41-6-4-3-5-40(41)34-7-8-34)37-26-50(27-37)16-19-56(20-17-50)36-9-10-42(45(24-36)67-38-23-35-13-18-51-46(35)53-29-38)48(61)55-68(65,66)39-25-43(59(63)64)47(54-30-39)52-28-33-11-14-49(2,62)15-12-33/h3-6,9-10,13,18,23-25,29-30,33-34,37,44,62H,7-8,11-12,14-17,19-22,26-28,31H2,1-2H3,(H,51,53)(H,52,54)(H,55,61)/t33?,44-,49?/m1/s1. The lowest BCUT2D eigenvalue weighted by molar-refractivity contribution is -0.384. The fourth-order valence-electron chi connectivity index (χ4n) is 11.1. The number of aromatic nitrogens is 3. The molecule has 0 radical (unpaired) electrons. The Morgan fingerprint density at radius 2 is 1.69 bits per heavy atom. The summed E-state index contributed by atoms with van der Waals surface area (Å²) in [4.78, 5) is 56.1. The average Bonchev–Trinajstić information content (AvgIpc) is 4.06. The predicted molar refractivity (Wildman–Crippen MR) is 256 cm³/mol. The number of amides is 2. The highest BCUT2D eigenvalue weighted by molar-refractivity contribution is 7.90. The summed E-state index contributed by atoms with van der Waals surface area (Å²) in [5, 5.41) is 26.2. The molecule has 2 amide bonds. The monoisotopic (exact) mass is 945 g/mol. The molecule has 18 heteroatoms. The lowest BCUT2D eigenvalue weighted by atomic mass is 9.59. The maximum atomic E-state index is 14.0. The number of H-pyrrole nitrogens is 1. The van der Waals surface area contributed by atoms with Gasteiger partial charge < -0.3 is 29.9 Å². The van der Waals surface area contributed by atoms with Gasteiger partial charge in [-0.2, -0.15) is 0 Å². The third-order valence-corrected chi connectivity index (χ3v) is 16.7. The van der Waals surface area contributed by atoms with Crippen LogP contribution in [0, 0.1) is 21.4 Å². The van der Waals surface area contributed by atoms with Crippen LogP contribution in [0.5, 0.6) is 11.5 Å². The second-order valence-corrected chi connectivity index (χ2v) is 21.8. The van der Waals surface area contributed by atoms with Crippen LogP contribution in [0.1, 0.15) is 112 Å². The van der Waals surface area contributed by atoms with Gasteiger partial charge in [0.1, 0.15) is 22.0 Å². The number of nitrogens with one attached hydrogen (secondary N) is 3. The molecule has 5 heterocycles. The van der Waals surface area contributed by atoms with Crippen LogP contribution in [0.2, 0.25) is 0 Å². The molecule has 5 fully saturated rings. The molecule has 10 rings (SSSR count). The number of ether oxygens (including phenoxy) is 1. The highest BCUT2D eigenvalue weighted by Gasteiger charge is 2.50. The number of anilines is 2. The van der Waals surface area contributed by atoms with Gasteiger partial charge in [0.2, 0.25) is 11.7 Å². The van der Waals surface area contributed by atoms with E-state index < -0.39 is 37.0 Å². The molecular weight excluding hydrogens is 887 g/mol. The summed E-state index contributed by atoms with van der Waals surface area (Å²) in [6, 6.07) is 19.0. The van der Waals surface area contributed by atoms with E-state index in [-0.39, 0.29) is 40.4 Å². The van der Waals surface area contributed by atoms with E-state index in [1.807, 2.05) is 11.0 Å². The summed E-state index contributed by atoms with van der Waals surface area (Å²) in [6.07, 6.45) is 13.6. The molecule has 5 aliphatic rings. The Bertz CT molecular complexity index is 2840. The first kappa shape index (κ1) is 45.7. The Labute approximate surface area is 395 Å². The third kappa shape index (κ3) is 9.50. The second kappa shape index (κ2) is 18.1. The fourth-order valence-corrected chi connectivity index (χ4v) is 12.0. The molecule has 2 aliphatic heterocycles. The SMILES string of the molecule is CC(=O)N1CCN(C2CC3(CCN(c4ccc(C(=O)NS(=O)(=O)c5cnc(NCC6CCC(C)(O)CC6)c([N+](=O)[O-])c5)c(Oc5cnc6[nH]ccc6c5)c4)CC3)C2)[C@@H](c2ccccc2C2CC2)C1. The molecule has 3 aromatic heterocycles. The van der Waals surface area contributed by atoms with Gasteiger partial charge in [0, 0.05) is 81.6 Å². The number of nitro groups is 1. The molecule has 358 valence electrons. The first-order valence-corrected chi connectivity index (χ1v) is 25.4. The van der Waals surface area contributed by atoms with Gasteiger partial charge in [-0.25, -0.2) is 23.1 Å². The first-order chi connectivity index (χ1) is 32.6. The number of piperidine rings is 1. The van der Waals surface area contributed by atoms with Crippen molar-refractivity contribution in [2.24, 2.45) is 11.3 Å². The van der Waals surface area contributed by atoms with Crippen molar-refractivity contribution in [1.29, 1.82) is 0 Å². The minimum Gasteiger partial charge on any atom is -0.455 e. The highest BCUT2D eigenvalue weighted by Crippen LogP contribution is 2.54. The predicted octanol–water partition coefficient (Wildman–Crippen LogP) is 7.66. The largest absolute Gasteiger partial charge is 0.455 e. The van der Waals surface area contributed by atoms with E-state index in [9.17, 15) is 33.2 Å². The van der Waals surface area contributed by atoms with Crippen molar-refractivity contribution < 1.29 is 32.8 Å². The number of fused-ring (bicyclic) bond motifs is 1. The normalized spacial score (nSPS) is 23.3. The van der Waals surface area contributed by atoms with E-state index in [1.165, 1.54) is 30.2 Å². The average molecular weight is 946 g/mol. The van der Waals surface area contributed by atoms with Crippen LogP contribution in [0.3, 0.4) is 0 Å². The van der Waals surface area contributed by atoms with E-state index in [4.69, 9.17) is 4.74 Å². The minimum absolute atomic E-state index is 0.0586. The molecule has 0 bridgehead atoms. The van der Waals surface area contributed by atoms with Crippen LogP contribution < -0.4 is 19.7 Å². The van der Waals surface area contributed by atoms with E-state index >= 15 is 0 Å². The molecule has 0 unspecified atom stereocenters. The Balaban J connectivity index is 0.838. The molecule has 1 spiro atoms. The molecule has 2 saturated heterocycles. The zero-order valence-corrected chi connectivity index (χ0v) is 39.3. The number of aliphatic hydroxyl groups is 1. The molecular formula is C50H59N9O8S. The number of benzene rings is 2. The summed E-state index contributed by atoms with van der Waals surface area (Å²) in [6.45, 7) is 7.74. The summed E-state index contributed by atoms with van der Waals surface area (Å²) in [5.41, 5.74) is 3.16. The molecule has 3 saturated carbocycles. The summed E-state index contributed by atoms with van der Waals surface area (Å²) in [5.74, 6) is 0.296. The number of pyridine rings is 2. The van der Waals surface area contributed by atoms with Crippen molar-refractivity contribution in [3.8, 4) is 11.5 Å². The lowest BCUT2D eigenvalue weighted by Gasteiger charge is -2.58. The van der Waals surface area contributed by atoms with Gasteiger partial charge in [-0.05, 0) is 124 Å². The molecule has 5 aromatic rings. The number of hydrogen-bond acceptors (Lipinski definition) is 13. The number of carbonyl (C=O) groups is 2. The number of piperazine rings is 1. The highest BCUT2D eigenvalue weighted by atomic mass is 32.2. The number of sulfonamides is 1. The number of carbonyl (C=O) groups excluding carboxylic acids is 2. The number of aromatic amines is 1.